The van der Waals surface area contributed by atoms with Crippen molar-refractivity contribution in [3.05, 3.63) is 35.4 Å². The first kappa shape index (κ1) is 15.0. The van der Waals surface area contributed by atoms with Crippen LogP contribution in [-0.2, 0) is 10.3 Å². The second kappa shape index (κ2) is 6.35. The van der Waals surface area contributed by atoms with E-state index in [-0.39, 0.29) is 5.60 Å². The second-order valence-corrected chi connectivity index (χ2v) is 6.03. The molecule has 2 fully saturated rings. The molecule has 2 nitrogen and oxygen atoms in total. The van der Waals surface area contributed by atoms with E-state index < -0.39 is 0 Å². The SMILES string of the molecule is CC.Cc1ccccc1C1(C2CCN(P)CC2)CO1. The van der Waals surface area contributed by atoms with Gasteiger partial charge in [-0.2, -0.15) is 0 Å². The zero-order valence-electron chi connectivity index (χ0n) is 12.4. The lowest BCUT2D eigenvalue weighted by atomic mass is 9.79. The number of piperidine rings is 1. The number of epoxide rings is 1. The van der Waals surface area contributed by atoms with E-state index in [4.69, 9.17) is 4.74 Å². The molecule has 2 heterocycles. The summed E-state index contributed by atoms with van der Waals surface area (Å²) in [6.45, 7) is 9.46. The third kappa shape index (κ3) is 3.02. The highest BCUT2D eigenvalue weighted by Gasteiger charge is 2.53. The molecule has 19 heavy (non-hydrogen) atoms. The van der Waals surface area contributed by atoms with E-state index in [9.17, 15) is 0 Å². The molecule has 2 atom stereocenters. The fourth-order valence-electron chi connectivity index (χ4n) is 3.10. The highest BCUT2D eigenvalue weighted by Crippen LogP contribution is 2.50. The second-order valence-electron chi connectivity index (χ2n) is 5.30. The Hall–Kier alpha value is -0.430. The van der Waals surface area contributed by atoms with Gasteiger partial charge in [-0.15, -0.1) is 0 Å². The van der Waals surface area contributed by atoms with Gasteiger partial charge >= 0.3 is 0 Å². The number of ether oxygens (including phenoxy) is 1. The number of benzene rings is 1. The van der Waals surface area contributed by atoms with Gasteiger partial charge in [-0.25, -0.2) is 0 Å². The topological polar surface area (TPSA) is 15.8 Å². The molecule has 106 valence electrons. The number of aryl methyl sites for hydroxylation is 1. The predicted molar refractivity (Wildman–Crippen MR) is 84.2 cm³/mol. The van der Waals surface area contributed by atoms with Crippen LogP contribution >= 0.6 is 9.39 Å². The average Bonchev–Trinajstić information content (AvgIpc) is 3.24. The fraction of sp³-hybridized carbons (Fsp3) is 0.625. The van der Waals surface area contributed by atoms with Crippen LogP contribution in [0.15, 0.2) is 24.3 Å². The largest absolute Gasteiger partial charge is 0.364 e. The van der Waals surface area contributed by atoms with Crippen molar-refractivity contribution < 1.29 is 4.74 Å². The van der Waals surface area contributed by atoms with Crippen LogP contribution in [0.1, 0.15) is 37.8 Å². The van der Waals surface area contributed by atoms with E-state index in [1.807, 2.05) is 13.8 Å². The van der Waals surface area contributed by atoms with Gasteiger partial charge in [0.15, 0.2) is 0 Å². The maximum atomic E-state index is 5.91. The summed E-state index contributed by atoms with van der Waals surface area (Å²) in [7, 11) is 2.81. The number of hydrogen-bond acceptors (Lipinski definition) is 2. The third-order valence-corrected chi connectivity index (χ3v) is 4.76. The van der Waals surface area contributed by atoms with Gasteiger partial charge in [0.2, 0.25) is 0 Å². The molecule has 2 saturated heterocycles. The Morgan fingerprint density at radius 1 is 1.21 bits per heavy atom. The van der Waals surface area contributed by atoms with Crippen LogP contribution in [0.25, 0.3) is 0 Å². The quantitative estimate of drug-likeness (QED) is 0.605. The zero-order valence-corrected chi connectivity index (χ0v) is 13.5. The standard InChI is InChI=1S/C14H20NOP.C2H6/c1-11-4-2-3-5-13(11)14(10-16-14)12-6-8-15(17)9-7-12;1-2/h2-5,12H,6-10,17H2,1H3;1-2H3. The number of rotatable bonds is 2. The van der Waals surface area contributed by atoms with Crippen molar-refractivity contribution in [2.75, 3.05) is 19.7 Å². The molecule has 0 aliphatic carbocycles. The van der Waals surface area contributed by atoms with E-state index in [2.05, 4.69) is 45.3 Å². The van der Waals surface area contributed by atoms with Crippen LogP contribution in [0.2, 0.25) is 0 Å². The van der Waals surface area contributed by atoms with Crippen molar-refractivity contribution in [1.29, 1.82) is 0 Å². The summed E-state index contributed by atoms with van der Waals surface area (Å²) in [5.74, 6) is 0.695. The number of nitrogens with zero attached hydrogens (tertiary/aromatic N) is 1. The molecule has 1 aromatic carbocycles. The first-order valence-electron chi connectivity index (χ1n) is 7.42. The minimum absolute atomic E-state index is 0.0528. The van der Waals surface area contributed by atoms with Crippen LogP contribution in [-0.4, -0.2) is 24.4 Å². The van der Waals surface area contributed by atoms with Crippen molar-refractivity contribution in [3.8, 4) is 0 Å². The number of hydrogen-bond donors (Lipinski definition) is 0. The van der Waals surface area contributed by atoms with Crippen molar-refractivity contribution >= 4 is 9.39 Å². The smallest absolute Gasteiger partial charge is 0.120 e. The molecule has 0 N–H and O–H groups in total. The molecule has 0 spiro atoms. The van der Waals surface area contributed by atoms with Gasteiger partial charge in [0.25, 0.3) is 0 Å². The van der Waals surface area contributed by atoms with Gasteiger partial charge in [0.05, 0.1) is 6.61 Å². The molecule has 1 aromatic rings. The Labute approximate surface area is 119 Å². The highest BCUT2D eigenvalue weighted by molar-refractivity contribution is 7.13. The minimum atomic E-state index is 0.0528. The monoisotopic (exact) mass is 279 g/mol. The minimum Gasteiger partial charge on any atom is -0.364 e. The summed E-state index contributed by atoms with van der Waals surface area (Å²) < 4.78 is 8.25. The van der Waals surface area contributed by atoms with Crippen LogP contribution in [0, 0.1) is 12.8 Å². The predicted octanol–water partition coefficient (Wildman–Crippen LogP) is 3.75. The molecular formula is C16H26NOP. The molecule has 0 amide bonds. The summed E-state index contributed by atoms with van der Waals surface area (Å²) >= 11 is 0. The van der Waals surface area contributed by atoms with E-state index in [1.165, 1.54) is 37.1 Å². The molecule has 2 aliphatic rings. The summed E-state index contributed by atoms with van der Waals surface area (Å²) in [5, 5.41) is 0. The van der Waals surface area contributed by atoms with Crippen molar-refractivity contribution in [1.82, 2.24) is 4.67 Å². The fourth-order valence-corrected chi connectivity index (χ4v) is 3.40. The van der Waals surface area contributed by atoms with E-state index in [0.29, 0.717) is 5.92 Å². The molecule has 3 rings (SSSR count). The molecule has 0 radical (unpaired) electrons. The Balaban J connectivity index is 0.000000637. The molecule has 0 aromatic heterocycles. The maximum Gasteiger partial charge on any atom is 0.120 e. The molecule has 3 heteroatoms. The molecule has 0 bridgehead atoms. The molecular weight excluding hydrogens is 253 g/mol. The van der Waals surface area contributed by atoms with Gasteiger partial charge in [0.1, 0.15) is 5.60 Å². The normalized spacial score (nSPS) is 27.6. The highest BCUT2D eigenvalue weighted by atomic mass is 31.0. The van der Waals surface area contributed by atoms with E-state index in [0.717, 1.165) is 6.61 Å². The summed E-state index contributed by atoms with van der Waals surface area (Å²) in [4.78, 5) is 0. The Morgan fingerprint density at radius 3 is 2.32 bits per heavy atom. The van der Waals surface area contributed by atoms with E-state index in [1.54, 1.807) is 0 Å². The van der Waals surface area contributed by atoms with E-state index >= 15 is 0 Å². The lowest BCUT2D eigenvalue weighted by Gasteiger charge is -2.33. The van der Waals surface area contributed by atoms with Gasteiger partial charge < -0.3 is 4.74 Å². The Morgan fingerprint density at radius 2 is 1.79 bits per heavy atom. The summed E-state index contributed by atoms with van der Waals surface area (Å²) in [6.07, 6.45) is 2.50. The Kier molecular flexibility index (Phi) is 5.00. The average molecular weight is 279 g/mol. The Bertz CT molecular complexity index is 409. The maximum absolute atomic E-state index is 5.91. The van der Waals surface area contributed by atoms with Crippen molar-refractivity contribution in [2.45, 2.75) is 39.2 Å². The molecule has 2 unspecified atom stereocenters. The van der Waals surface area contributed by atoms with Crippen molar-refractivity contribution in [3.63, 3.8) is 0 Å². The third-order valence-electron chi connectivity index (χ3n) is 4.25. The zero-order chi connectivity index (χ0) is 13.9. The van der Waals surface area contributed by atoms with Gasteiger partial charge in [0, 0.05) is 13.1 Å². The lowest BCUT2D eigenvalue weighted by Crippen LogP contribution is -2.34. The first-order valence-corrected chi connectivity index (χ1v) is 7.94. The van der Waals surface area contributed by atoms with Gasteiger partial charge in [-0.1, -0.05) is 47.5 Å². The molecule has 0 saturated carbocycles. The lowest BCUT2D eigenvalue weighted by molar-refractivity contribution is 0.157. The van der Waals surface area contributed by atoms with Crippen molar-refractivity contribution in [2.24, 2.45) is 5.92 Å². The summed E-state index contributed by atoms with van der Waals surface area (Å²) in [5.41, 5.74) is 2.84. The van der Waals surface area contributed by atoms with Crippen LogP contribution in [0.5, 0.6) is 0 Å². The van der Waals surface area contributed by atoms with Gasteiger partial charge in [-0.3, -0.25) is 4.67 Å². The first-order chi connectivity index (χ1) is 9.22. The van der Waals surface area contributed by atoms with Crippen LogP contribution in [0.3, 0.4) is 0 Å². The molecule has 2 aliphatic heterocycles. The summed E-state index contributed by atoms with van der Waals surface area (Å²) in [6, 6.07) is 8.69. The van der Waals surface area contributed by atoms with Gasteiger partial charge in [-0.05, 0) is 36.8 Å². The van der Waals surface area contributed by atoms with Crippen LogP contribution < -0.4 is 0 Å². The van der Waals surface area contributed by atoms with Crippen LogP contribution in [0.4, 0.5) is 0 Å².